The van der Waals surface area contributed by atoms with Crippen LogP contribution in [0.2, 0.25) is 0 Å². The summed E-state index contributed by atoms with van der Waals surface area (Å²) in [5.41, 5.74) is 0. The Labute approximate surface area is 122 Å². The molecule has 2 nitrogen and oxygen atoms in total. The molecule has 2 rings (SSSR count). The molecule has 0 spiro atoms. The third-order valence-electron chi connectivity index (χ3n) is 3.58. The molecular weight excluding hydrogens is 310 g/mol. The molecule has 1 aliphatic carbocycles. The molecule has 1 aromatic rings. The van der Waals surface area contributed by atoms with E-state index in [2.05, 4.69) is 33.0 Å². The molecule has 0 amide bonds. The third kappa shape index (κ3) is 4.34. The molecule has 0 aliphatic heterocycles. The summed E-state index contributed by atoms with van der Waals surface area (Å²) in [5.74, 6) is 0. The maximum atomic E-state index is 9.69. The highest BCUT2D eigenvalue weighted by atomic mass is 79.9. The van der Waals surface area contributed by atoms with Crippen LogP contribution in [0.15, 0.2) is 15.9 Å². The SMILES string of the molecule is CC(O)CN(Cc1ccc(Br)s1)C1CCCCC1. The molecule has 102 valence electrons. The van der Waals surface area contributed by atoms with Crippen LogP contribution in [0, 0.1) is 0 Å². The Morgan fingerprint density at radius 1 is 1.39 bits per heavy atom. The van der Waals surface area contributed by atoms with Crippen molar-refractivity contribution in [2.75, 3.05) is 6.54 Å². The van der Waals surface area contributed by atoms with Crippen molar-refractivity contribution in [3.05, 3.63) is 20.8 Å². The molecule has 1 unspecified atom stereocenters. The molecule has 1 saturated carbocycles. The van der Waals surface area contributed by atoms with Gasteiger partial charge in [-0.15, -0.1) is 11.3 Å². The largest absolute Gasteiger partial charge is 0.392 e. The van der Waals surface area contributed by atoms with Crippen LogP contribution < -0.4 is 0 Å². The van der Waals surface area contributed by atoms with Crippen molar-refractivity contribution in [1.82, 2.24) is 4.90 Å². The van der Waals surface area contributed by atoms with E-state index in [9.17, 15) is 5.11 Å². The van der Waals surface area contributed by atoms with Crippen LogP contribution in [-0.4, -0.2) is 28.7 Å². The van der Waals surface area contributed by atoms with Crippen molar-refractivity contribution in [2.24, 2.45) is 0 Å². The van der Waals surface area contributed by atoms with E-state index in [1.54, 1.807) is 11.3 Å². The Morgan fingerprint density at radius 3 is 2.67 bits per heavy atom. The van der Waals surface area contributed by atoms with Gasteiger partial charge in [0.1, 0.15) is 0 Å². The van der Waals surface area contributed by atoms with Gasteiger partial charge >= 0.3 is 0 Å². The lowest BCUT2D eigenvalue weighted by molar-refractivity contribution is 0.0776. The van der Waals surface area contributed by atoms with Crippen molar-refractivity contribution in [3.8, 4) is 0 Å². The first-order valence-corrected chi connectivity index (χ1v) is 8.42. The molecule has 18 heavy (non-hydrogen) atoms. The van der Waals surface area contributed by atoms with Gasteiger partial charge in [0.2, 0.25) is 0 Å². The molecule has 0 bridgehead atoms. The van der Waals surface area contributed by atoms with E-state index in [1.807, 2.05) is 6.92 Å². The summed E-state index contributed by atoms with van der Waals surface area (Å²) in [6.45, 7) is 3.66. The van der Waals surface area contributed by atoms with Crippen molar-refractivity contribution in [3.63, 3.8) is 0 Å². The predicted molar refractivity (Wildman–Crippen MR) is 81.0 cm³/mol. The molecule has 1 N–H and O–H groups in total. The number of halogens is 1. The fraction of sp³-hybridized carbons (Fsp3) is 0.714. The lowest BCUT2D eigenvalue weighted by Gasteiger charge is -2.34. The van der Waals surface area contributed by atoms with Crippen molar-refractivity contribution in [1.29, 1.82) is 0 Å². The normalized spacial score (nSPS) is 19.3. The van der Waals surface area contributed by atoms with Gasteiger partial charge < -0.3 is 5.11 Å². The van der Waals surface area contributed by atoms with Gasteiger partial charge in [-0.1, -0.05) is 19.3 Å². The fourth-order valence-electron chi connectivity index (χ4n) is 2.77. The zero-order valence-corrected chi connectivity index (χ0v) is 13.3. The molecular formula is C14H22BrNOS. The summed E-state index contributed by atoms with van der Waals surface area (Å²) in [6.07, 6.45) is 6.40. The summed E-state index contributed by atoms with van der Waals surface area (Å²) in [7, 11) is 0. The Kier molecular flexibility index (Phi) is 5.67. The zero-order chi connectivity index (χ0) is 13.0. The van der Waals surface area contributed by atoms with E-state index in [1.165, 1.54) is 40.8 Å². The van der Waals surface area contributed by atoms with Crippen LogP contribution >= 0.6 is 27.3 Å². The van der Waals surface area contributed by atoms with E-state index in [-0.39, 0.29) is 6.10 Å². The molecule has 0 aromatic carbocycles. The maximum Gasteiger partial charge on any atom is 0.0701 e. The van der Waals surface area contributed by atoms with Crippen LogP contribution in [0.5, 0.6) is 0 Å². The predicted octanol–water partition coefficient (Wildman–Crippen LogP) is 4.03. The van der Waals surface area contributed by atoms with Gasteiger partial charge in [0.25, 0.3) is 0 Å². The summed E-state index contributed by atoms with van der Waals surface area (Å²) in [5, 5.41) is 9.69. The first-order valence-electron chi connectivity index (χ1n) is 6.81. The smallest absolute Gasteiger partial charge is 0.0701 e. The minimum Gasteiger partial charge on any atom is -0.392 e. The molecule has 0 saturated heterocycles. The molecule has 1 atom stereocenters. The van der Waals surface area contributed by atoms with Gasteiger partial charge in [-0.3, -0.25) is 4.90 Å². The summed E-state index contributed by atoms with van der Waals surface area (Å²) in [6, 6.07) is 4.96. The van der Waals surface area contributed by atoms with Crippen molar-refractivity contribution in [2.45, 2.75) is 57.7 Å². The monoisotopic (exact) mass is 331 g/mol. The minimum absolute atomic E-state index is 0.240. The number of hydrogen-bond donors (Lipinski definition) is 1. The number of rotatable bonds is 5. The summed E-state index contributed by atoms with van der Waals surface area (Å²) in [4.78, 5) is 3.86. The number of hydrogen-bond acceptors (Lipinski definition) is 3. The maximum absolute atomic E-state index is 9.69. The van der Waals surface area contributed by atoms with Gasteiger partial charge in [0.05, 0.1) is 9.89 Å². The van der Waals surface area contributed by atoms with E-state index in [0.29, 0.717) is 6.04 Å². The molecule has 1 aromatic heterocycles. The highest BCUT2D eigenvalue weighted by Crippen LogP contribution is 2.27. The van der Waals surface area contributed by atoms with E-state index < -0.39 is 0 Å². The highest BCUT2D eigenvalue weighted by Gasteiger charge is 2.22. The second kappa shape index (κ2) is 7.04. The molecule has 1 fully saturated rings. The second-order valence-corrected chi connectivity index (χ2v) is 7.82. The molecule has 0 radical (unpaired) electrons. The van der Waals surface area contributed by atoms with Gasteiger partial charge in [-0.25, -0.2) is 0 Å². The Bertz CT molecular complexity index is 360. The Morgan fingerprint density at radius 2 is 2.11 bits per heavy atom. The van der Waals surface area contributed by atoms with Gasteiger partial charge in [-0.2, -0.15) is 0 Å². The highest BCUT2D eigenvalue weighted by molar-refractivity contribution is 9.11. The topological polar surface area (TPSA) is 23.5 Å². The van der Waals surface area contributed by atoms with E-state index in [0.717, 1.165) is 13.1 Å². The number of aliphatic hydroxyl groups excluding tert-OH is 1. The van der Waals surface area contributed by atoms with Crippen LogP contribution in [0.25, 0.3) is 0 Å². The lowest BCUT2D eigenvalue weighted by Crippen LogP contribution is -2.40. The van der Waals surface area contributed by atoms with Crippen LogP contribution in [0.4, 0.5) is 0 Å². The van der Waals surface area contributed by atoms with Gasteiger partial charge in [0.15, 0.2) is 0 Å². The average molecular weight is 332 g/mol. The van der Waals surface area contributed by atoms with Crippen LogP contribution in [0.1, 0.15) is 43.9 Å². The number of aliphatic hydroxyl groups is 1. The Balaban J connectivity index is 1.99. The molecule has 1 aliphatic rings. The standard InChI is InChI=1S/C14H22BrNOS/c1-11(17)9-16(12-5-3-2-4-6-12)10-13-7-8-14(15)18-13/h7-8,11-12,17H,2-6,9-10H2,1H3. The summed E-state index contributed by atoms with van der Waals surface area (Å²) < 4.78 is 1.19. The summed E-state index contributed by atoms with van der Waals surface area (Å²) >= 11 is 5.32. The quantitative estimate of drug-likeness (QED) is 0.880. The lowest BCUT2D eigenvalue weighted by atomic mass is 9.94. The van der Waals surface area contributed by atoms with Crippen LogP contribution in [-0.2, 0) is 6.54 Å². The van der Waals surface area contributed by atoms with Crippen molar-refractivity contribution < 1.29 is 5.11 Å². The second-order valence-electron chi connectivity index (χ2n) is 5.28. The van der Waals surface area contributed by atoms with E-state index in [4.69, 9.17) is 0 Å². The molecule has 1 heterocycles. The zero-order valence-electron chi connectivity index (χ0n) is 10.9. The van der Waals surface area contributed by atoms with Gasteiger partial charge in [0, 0.05) is 24.0 Å². The minimum atomic E-state index is -0.240. The number of thiophene rings is 1. The first kappa shape index (κ1) is 14.5. The first-order chi connectivity index (χ1) is 8.65. The molecule has 4 heteroatoms. The third-order valence-corrected chi connectivity index (χ3v) is 5.19. The van der Waals surface area contributed by atoms with E-state index >= 15 is 0 Å². The number of nitrogens with zero attached hydrogens (tertiary/aromatic N) is 1. The van der Waals surface area contributed by atoms with Gasteiger partial charge in [-0.05, 0) is 47.8 Å². The van der Waals surface area contributed by atoms with Crippen molar-refractivity contribution >= 4 is 27.3 Å². The average Bonchev–Trinajstić information content (AvgIpc) is 2.75. The van der Waals surface area contributed by atoms with Crippen LogP contribution in [0.3, 0.4) is 0 Å². The fourth-order valence-corrected chi connectivity index (χ4v) is 4.27. The Hall–Kier alpha value is 0.1000.